The topological polar surface area (TPSA) is 59.2 Å². The van der Waals surface area contributed by atoms with Crippen LogP contribution in [0.15, 0.2) is 84.4 Å². The number of hydrogen-bond acceptors (Lipinski definition) is 4. The number of esters is 1. The highest BCUT2D eigenvalue weighted by Gasteiger charge is 2.27. The van der Waals surface area contributed by atoms with Crippen molar-refractivity contribution in [2.75, 3.05) is 0 Å². The third kappa shape index (κ3) is 3.80. The van der Waals surface area contributed by atoms with Crippen LogP contribution in [0.1, 0.15) is 26.9 Å². The van der Waals surface area contributed by atoms with Crippen LogP contribution in [-0.2, 0) is 9.53 Å². The molecule has 5 heteroatoms. The molecule has 4 aromatic rings. The number of benzene rings is 2. The summed E-state index contributed by atoms with van der Waals surface area (Å²) in [5, 5.41) is 2.73. The van der Waals surface area contributed by atoms with E-state index < -0.39 is 12.1 Å². The Labute approximate surface area is 166 Å². The van der Waals surface area contributed by atoms with Gasteiger partial charge in [-0.3, -0.25) is 4.79 Å². The van der Waals surface area contributed by atoms with E-state index in [0.717, 1.165) is 15.8 Å². The molecule has 0 fully saturated rings. The molecule has 4 rings (SSSR count). The van der Waals surface area contributed by atoms with Crippen LogP contribution in [0.25, 0.3) is 17.0 Å². The van der Waals surface area contributed by atoms with Crippen molar-refractivity contribution in [3.63, 3.8) is 0 Å². The number of carbonyl (C=O) groups is 2. The third-order valence-corrected chi connectivity index (χ3v) is 5.19. The minimum atomic E-state index is -1.01. The number of nitrogens with one attached hydrogen (secondary N) is 1. The zero-order chi connectivity index (χ0) is 19.3. The van der Waals surface area contributed by atoms with Gasteiger partial charge < -0.3 is 9.72 Å². The summed E-state index contributed by atoms with van der Waals surface area (Å²) < 4.78 is 5.58. The van der Waals surface area contributed by atoms with E-state index in [1.54, 1.807) is 24.4 Å². The molecule has 2 aromatic heterocycles. The Morgan fingerprint density at radius 3 is 2.54 bits per heavy atom. The second kappa shape index (κ2) is 8.06. The molecule has 0 saturated heterocycles. The predicted octanol–water partition coefficient (Wildman–Crippen LogP) is 5.41. The molecular formula is C23H17NO3S. The van der Waals surface area contributed by atoms with E-state index in [4.69, 9.17) is 4.74 Å². The van der Waals surface area contributed by atoms with E-state index in [9.17, 15) is 9.59 Å². The first-order chi connectivity index (χ1) is 13.7. The molecular weight excluding hydrogens is 370 g/mol. The summed E-state index contributed by atoms with van der Waals surface area (Å²) in [6, 6.07) is 20.4. The number of H-pyrrole nitrogens is 1. The average molecular weight is 387 g/mol. The number of aromatic amines is 1. The number of hydrogen-bond donors (Lipinski definition) is 1. The maximum atomic E-state index is 13.3. The van der Waals surface area contributed by atoms with E-state index in [2.05, 4.69) is 4.98 Å². The van der Waals surface area contributed by atoms with Crippen molar-refractivity contribution in [1.82, 2.24) is 4.98 Å². The lowest BCUT2D eigenvalue weighted by molar-refractivity contribution is -0.141. The Morgan fingerprint density at radius 2 is 1.75 bits per heavy atom. The molecule has 4 nitrogen and oxygen atoms in total. The number of Topliss-reactive ketones (excluding diaryl/α,β-unsaturated/α-hetero) is 1. The highest BCUT2D eigenvalue weighted by Crippen LogP contribution is 2.27. The maximum absolute atomic E-state index is 13.3. The summed E-state index contributed by atoms with van der Waals surface area (Å²) in [7, 11) is 0. The lowest BCUT2D eigenvalue weighted by Gasteiger charge is -2.16. The Hall–Kier alpha value is -3.44. The standard InChI is InChI=1S/C23H17NO3S/c25-21(13-12-17-9-6-14-28-17)27-23(16-7-2-1-3-8-16)22(26)19-15-24-20-11-5-4-10-18(19)20/h1-15,23-24H/b13-12+/t23-/m1/s1. The molecule has 0 aliphatic carbocycles. The fraction of sp³-hybridized carbons (Fsp3) is 0.0435. The van der Waals surface area contributed by atoms with Gasteiger partial charge in [0.05, 0.1) is 0 Å². The molecule has 0 radical (unpaired) electrons. The fourth-order valence-electron chi connectivity index (χ4n) is 3.01. The summed E-state index contributed by atoms with van der Waals surface area (Å²) >= 11 is 1.52. The molecule has 0 saturated carbocycles. The molecule has 0 spiro atoms. The minimum absolute atomic E-state index is 0.262. The average Bonchev–Trinajstić information content (AvgIpc) is 3.40. The van der Waals surface area contributed by atoms with Gasteiger partial charge in [-0.2, -0.15) is 0 Å². The van der Waals surface area contributed by atoms with Crippen LogP contribution in [0.5, 0.6) is 0 Å². The number of para-hydroxylation sites is 1. The summed E-state index contributed by atoms with van der Waals surface area (Å²) in [6.45, 7) is 0. The molecule has 0 aliphatic heterocycles. The van der Waals surface area contributed by atoms with Crippen molar-refractivity contribution >= 4 is 40.1 Å². The van der Waals surface area contributed by atoms with Crippen molar-refractivity contribution in [3.05, 3.63) is 100 Å². The van der Waals surface area contributed by atoms with Gasteiger partial charge in [0.15, 0.2) is 6.10 Å². The maximum Gasteiger partial charge on any atom is 0.331 e. The molecule has 2 aromatic carbocycles. The zero-order valence-corrected chi connectivity index (χ0v) is 15.7. The lowest BCUT2D eigenvalue weighted by atomic mass is 9.99. The highest BCUT2D eigenvalue weighted by molar-refractivity contribution is 7.10. The molecule has 1 N–H and O–H groups in total. The monoisotopic (exact) mass is 387 g/mol. The highest BCUT2D eigenvalue weighted by atomic mass is 32.1. The Balaban J connectivity index is 1.64. The van der Waals surface area contributed by atoms with Gasteiger partial charge >= 0.3 is 5.97 Å². The number of ether oxygens (including phenoxy) is 1. The molecule has 28 heavy (non-hydrogen) atoms. The van der Waals surface area contributed by atoms with Crippen LogP contribution < -0.4 is 0 Å². The van der Waals surface area contributed by atoms with E-state index >= 15 is 0 Å². The first-order valence-corrected chi connectivity index (χ1v) is 9.68. The van der Waals surface area contributed by atoms with Gasteiger partial charge in [0.1, 0.15) is 0 Å². The van der Waals surface area contributed by atoms with Gasteiger partial charge in [0, 0.05) is 39.2 Å². The van der Waals surface area contributed by atoms with Crippen LogP contribution in [0.3, 0.4) is 0 Å². The molecule has 1 atom stereocenters. The van der Waals surface area contributed by atoms with Crippen LogP contribution in [0.2, 0.25) is 0 Å². The Bertz CT molecular complexity index is 1130. The SMILES string of the molecule is O=C(/C=C/c1cccs1)O[C@@H](C(=O)c1c[nH]c2ccccc12)c1ccccc1. The number of thiophene rings is 1. The molecule has 0 unspecified atom stereocenters. The third-order valence-electron chi connectivity index (χ3n) is 4.36. The van der Waals surface area contributed by atoms with Crippen molar-refractivity contribution in [2.24, 2.45) is 0 Å². The zero-order valence-electron chi connectivity index (χ0n) is 14.9. The first kappa shape index (κ1) is 17.9. The van der Waals surface area contributed by atoms with Gasteiger partial charge in [0.2, 0.25) is 5.78 Å². The fourth-order valence-corrected chi connectivity index (χ4v) is 3.63. The number of ketones is 1. The first-order valence-electron chi connectivity index (χ1n) is 8.80. The molecule has 0 amide bonds. The van der Waals surface area contributed by atoms with Crippen LogP contribution >= 0.6 is 11.3 Å². The van der Waals surface area contributed by atoms with Crippen LogP contribution in [0.4, 0.5) is 0 Å². The summed E-state index contributed by atoms with van der Waals surface area (Å²) in [4.78, 5) is 29.7. The molecule has 0 bridgehead atoms. The van der Waals surface area contributed by atoms with Gasteiger partial charge in [-0.15, -0.1) is 11.3 Å². The van der Waals surface area contributed by atoms with Gasteiger partial charge in [-0.1, -0.05) is 54.6 Å². The number of fused-ring (bicyclic) bond motifs is 1. The van der Waals surface area contributed by atoms with Gasteiger partial charge in [0.25, 0.3) is 0 Å². The second-order valence-corrected chi connectivity index (χ2v) is 7.17. The Kier molecular flexibility index (Phi) is 5.17. The van der Waals surface area contributed by atoms with Crippen LogP contribution in [-0.4, -0.2) is 16.7 Å². The van der Waals surface area contributed by atoms with E-state index in [-0.39, 0.29) is 5.78 Å². The van der Waals surface area contributed by atoms with Gasteiger partial charge in [-0.25, -0.2) is 4.79 Å². The normalized spacial score (nSPS) is 12.3. The van der Waals surface area contributed by atoms with Gasteiger partial charge in [-0.05, 0) is 23.6 Å². The van der Waals surface area contributed by atoms with E-state index in [1.165, 1.54) is 17.4 Å². The van der Waals surface area contributed by atoms with Crippen molar-refractivity contribution in [2.45, 2.75) is 6.10 Å². The van der Waals surface area contributed by atoms with E-state index in [0.29, 0.717) is 11.1 Å². The largest absolute Gasteiger partial charge is 0.446 e. The molecule has 2 heterocycles. The summed E-state index contributed by atoms with van der Waals surface area (Å²) in [5.74, 6) is -0.822. The lowest BCUT2D eigenvalue weighted by Crippen LogP contribution is -2.19. The number of carbonyl (C=O) groups excluding carboxylic acids is 2. The quantitative estimate of drug-likeness (QED) is 0.273. The minimum Gasteiger partial charge on any atom is -0.446 e. The van der Waals surface area contributed by atoms with Crippen molar-refractivity contribution < 1.29 is 14.3 Å². The molecule has 138 valence electrons. The van der Waals surface area contributed by atoms with Crippen molar-refractivity contribution in [1.29, 1.82) is 0 Å². The predicted molar refractivity (Wildman–Crippen MR) is 111 cm³/mol. The molecule has 0 aliphatic rings. The van der Waals surface area contributed by atoms with Crippen molar-refractivity contribution in [3.8, 4) is 0 Å². The number of aromatic nitrogens is 1. The summed E-state index contributed by atoms with van der Waals surface area (Å²) in [6.07, 6.45) is 3.69. The summed E-state index contributed by atoms with van der Waals surface area (Å²) in [5.41, 5.74) is 2.00. The smallest absolute Gasteiger partial charge is 0.331 e. The van der Waals surface area contributed by atoms with Crippen LogP contribution in [0, 0.1) is 0 Å². The Morgan fingerprint density at radius 1 is 0.964 bits per heavy atom. The van der Waals surface area contributed by atoms with E-state index in [1.807, 2.05) is 60.0 Å². The number of rotatable bonds is 6. The second-order valence-electron chi connectivity index (χ2n) is 6.19.